The van der Waals surface area contributed by atoms with E-state index in [2.05, 4.69) is 6.57 Å². The molecule has 1 aromatic carbocycles. The lowest BCUT2D eigenvalue weighted by Gasteiger charge is -1.93. The molecule has 0 spiro atoms. The Morgan fingerprint density at radius 1 is 1.30 bits per heavy atom. The second kappa shape index (κ2) is 4.39. The summed E-state index contributed by atoms with van der Waals surface area (Å²) in [4.78, 5) is 0. The quantitative estimate of drug-likeness (QED) is 0.549. The molecule has 0 saturated heterocycles. The van der Waals surface area contributed by atoms with Crippen LogP contribution in [0.25, 0.3) is 0 Å². The number of anilines is 1. The zero-order chi connectivity index (χ0) is 7.98. The van der Waals surface area contributed by atoms with Gasteiger partial charge >= 0.3 is 0 Å². The Bertz CT molecular complexity index is 194. The third kappa shape index (κ3) is 2.19. The van der Waals surface area contributed by atoms with Crippen LogP contribution >= 0.6 is 0 Å². The lowest BCUT2D eigenvalue weighted by molar-refractivity contribution is 1.47. The van der Waals surface area contributed by atoms with Crippen molar-refractivity contribution in [3.63, 3.8) is 0 Å². The van der Waals surface area contributed by atoms with Gasteiger partial charge in [-0.15, -0.1) is 0 Å². The van der Waals surface area contributed by atoms with Gasteiger partial charge in [0, 0.05) is 12.3 Å². The van der Waals surface area contributed by atoms with Crippen LogP contribution in [0.4, 0.5) is 5.69 Å². The van der Waals surface area contributed by atoms with Crippen molar-refractivity contribution < 1.29 is 0 Å². The molecule has 0 amide bonds. The monoisotopic (exact) mass is 134 g/mol. The average Bonchev–Trinajstić information content (AvgIpc) is 2.00. The van der Waals surface area contributed by atoms with E-state index < -0.39 is 0 Å². The number of hydrogen-bond acceptors (Lipinski definition) is 2. The molecule has 10 heavy (non-hydrogen) atoms. The molecule has 0 fully saturated rings. The molecular formula is C8H10N2. The topological polar surface area (TPSA) is 49.8 Å². The highest BCUT2D eigenvalue weighted by Gasteiger charge is 1.84. The van der Waals surface area contributed by atoms with E-state index in [0.29, 0.717) is 0 Å². The van der Waals surface area contributed by atoms with Crippen LogP contribution in [0.15, 0.2) is 24.3 Å². The third-order valence-electron chi connectivity index (χ3n) is 1.19. The highest BCUT2D eigenvalue weighted by atomic mass is 14.5. The van der Waals surface area contributed by atoms with Crippen molar-refractivity contribution in [3.8, 4) is 6.57 Å². The number of nitriles is 1. The Balaban J connectivity index is 0.000000371. The van der Waals surface area contributed by atoms with E-state index >= 15 is 0 Å². The van der Waals surface area contributed by atoms with Crippen molar-refractivity contribution in [2.24, 2.45) is 0 Å². The molecule has 0 heterocycles. The number of rotatable bonds is 0. The standard InChI is InChI=1S/C7H9N.CHN/c1-6-4-2-3-5-7(6)8;1-2/h2-5H,8H2,1H3;1H. The lowest BCUT2D eigenvalue weighted by atomic mass is 10.2. The van der Waals surface area contributed by atoms with Gasteiger partial charge in [-0.05, 0) is 18.6 Å². The second-order valence-corrected chi connectivity index (χ2v) is 1.86. The summed E-state index contributed by atoms with van der Waals surface area (Å²) in [6, 6.07) is 7.80. The van der Waals surface area contributed by atoms with E-state index in [0.717, 1.165) is 11.3 Å². The number of hydrogen-bond donors (Lipinski definition) is 1. The van der Waals surface area contributed by atoms with Gasteiger partial charge in [0.05, 0.1) is 0 Å². The Kier molecular flexibility index (Phi) is 3.74. The fourth-order valence-electron chi connectivity index (χ4n) is 0.587. The van der Waals surface area contributed by atoms with Crippen LogP contribution in [-0.4, -0.2) is 0 Å². The molecule has 1 aromatic rings. The van der Waals surface area contributed by atoms with Crippen LogP contribution in [0.2, 0.25) is 0 Å². The summed E-state index contributed by atoms with van der Waals surface area (Å²) in [5.41, 5.74) is 7.53. The Hall–Kier alpha value is -1.49. The van der Waals surface area contributed by atoms with E-state index in [1.807, 2.05) is 31.2 Å². The predicted octanol–water partition coefficient (Wildman–Crippen LogP) is 1.72. The van der Waals surface area contributed by atoms with Gasteiger partial charge in [0.1, 0.15) is 0 Å². The van der Waals surface area contributed by atoms with E-state index in [1.165, 1.54) is 0 Å². The molecule has 0 atom stereocenters. The first-order valence-electron chi connectivity index (χ1n) is 2.87. The normalized spacial score (nSPS) is 7.50. The summed E-state index contributed by atoms with van der Waals surface area (Å²) in [6.07, 6.45) is 0. The minimum atomic E-state index is 0.868. The maximum atomic E-state index is 6.50. The van der Waals surface area contributed by atoms with E-state index in [-0.39, 0.29) is 0 Å². The van der Waals surface area contributed by atoms with Gasteiger partial charge in [-0.1, -0.05) is 18.2 Å². The van der Waals surface area contributed by atoms with E-state index in [1.54, 1.807) is 0 Å². The molecular weight excluding hydrogens is 124 g/mol. The molecule has 2 N–H and O–H groups in total. The van der Waals surface area contributed by atoms with Crippen molar-refractivity contribution in [2.75, 3.05) is 5.73 Å². The highest BCUT2D eigenvalue weighted by molar-refractivity contribution is 5.44. The summed E-state index contributed by atoms with van der Waals surface area (Å²) >= 11 is 0. The SMILES string of the molecule is C#N.Cc1ccccc1N. The molecule has 0 aliphatic heterocycles. The van der Waals surface area contributed by atoms with Crippen LogP contribution in [0.3, 0.4) is 0 Å². The number of nitrogen functional groups attached to an aromatic ring is 1. The Labute approximate surface area is 60.9 Å². The van der Waals surface area contributed by atoms with Crippen molar-refractivity contribution in [3.05, 3.63) is 29.8 Å². The second-order valence-electron chi connectivity index (χ2n) is 1.86. The molecule has 2 nitrogen and oxygen atoms in total. The van der Waals surface area contributed by atoms with E-state index in [4.69, 9.17) is 11.0 Å². The Morgan fingerprint density at radius 3 is 2.10 bits per heavy atom. The van der Waals surface area contributed by atoms with Gasteiger partial charge in [-0.3, -0.25) is 0 Å². The van der Waals surface area contributed by atoms with Crippen LogP contribution in [0, 0.1) is 18.8 Å². The molecule has 1 rings (SSSR count). The molecule has 2 heteroatoms. The summed E-state index contributed by atoms with van der Waals surface area (Å²) < 4.78 is 0. The molecule has 0 saturated carbocycles. The third-order valence-corrected chi connectivity index (χ3v) is 1.19. The Morgan fingerprint density at radius 2 is 1.80 bits per heavy atom. The minimum absolute atomic E-state index is 0.868. The summed E-state index contributed by atoms with van der Waals surface area (Å²) in [6.45, 7) is 5.50. The highest BCUT2D eigenvalue weighted by Crippen LogP contribution is 2.06. The van der Waals surface area contributed by atoms with Gasteiger partial charge in [0.25, 0.3) is 0 Å². The molecule has 0 aliphatic rings. The zero-order valence-electron chi connectivity index (χ0n) is 5.91. The van der Waals surface area contributed by atoms with Crippen LogP contribution in [0.5, 0.6) is 0 Å². The maximum absolute atomic E-state index is 6.50. The molecule has 0 unspecified atom stereocenters. The fraction of sp³-hybridized carbons (Fsp3) is 0.125. The van der Waals surface area contributed by atoms with Gasteiger partial charge < -0.3 is 5.73 Å². The first-order chi connectivity index (χ1) is 4.80. The van der Waals surface area contributed by atoms with Crippen molar-refractivity contribution in [1.29, 1.82) is 5.26 Å². The van der Waals surface area contributed by atoms with E-state index in [9.17, 15) is 0 Å². The van der Waals surface area contributed by atoms with Crippen molar-refractivity contribution >= 4 is 5.69 Å². The summed E-state index contributed by atoms with van der Waals surface area (Å²) in [5.74, 6) is 0. The average molecular weight is 134 g/mol. The number of nitrogens with two attached hydrogens (primary N) is 1. The molecule has 0 aromatic heterocycles. The smallest absolute Gasteiger partial charge is 0.0462 e. The van der Waals surface area contributed by atoms with Gasteiger partial charge in [0.15, 0.2) is 0 Å². The van der Waals surface area contributed by atoms with Crippen LogP contribution in [0.1, 0.15) is 5.56 Å². The largest absolute Gasteiger partial charge is 0.399 e. The molecule has 0 bridgehead atoms. The van der Waals surface area contributed by atoms with Gasteiger partial charge in [0.2, 0.25) is 0 Å². The number of para-hydroxylation sites is 1. The molecule has 52 valence electrons. The number of aryl methyl sites for hydroxylation is 1. The van der Waals surface area contributed by atoms with Gasteiger partial charge in [-0.25, -0.2) is 5.26 Å². The van der Waals surface area contributed by atoms with Crippen molar-refractivity contribution in [2.45, 2.75) is 6.92 Å². The van der Waals surface area contributed by atoms with Gasteiger partial charge in [-0.2, -0.15) is 0 Å². The first kappa shape index (κ1) is 8.51. The fourth-order valence-corrected chi connectivity index (χ4v) is 0.587. The zero-order valence-corrected chi connectivity index (χ0v) is 5.91. The number of benzene rings is 1. The lowest BCUT2D eigenvalue weighted by Crippen LogP contribution is -1.85. The van der Waals surface area contributed by atoms with Crippen LogP contribution in [-0.2, 0) is 0 Å². The van der Waals surface area contributed by atoms with Crippen LogP contribution < -0.4 is 5.73 Å². The predicted molar refractivity (Wildman–Crippen MR) is 42.3 cm³/mol. The molecule has 0 radical (unpaired) electrons. The maximum Gasteiger partial charge on any atom is 0.0462 e. The molecule has 0 aliphatic carbocycles. The summed E-state index contributed by atoms with van der Waals surface area (Å²) in [5, 5.41) is 6.50. The first-order valence-corrected chi connectivity index (χ1v) is 2.87. The summed E-state index contributed by atoms with van der Waals surface area (Å²) in [7, 11) is 0. The van der Waals surface area contributed by atoms with Crippen molar-refractivity contribution in [1.82, 2.24) is 0 Å². The minimum Gasteiger partial charge on any atom is -0.399 e. The number of nitrogens with zero attached hydrogens (tertiary/aromatic N) is 1.